The van der Waals surface area contributed by atoms with Gasteiger partial charge in [0.05, 0.1) is 30.0 Å². The van der Waals surface area contributed by atoms with Crippen molar-refractivity contribution in [1.82, 2.24) is 4.90 Å². The smallest absolute Gasteiger partial charge is 0.248 e. The Kier molecular flexibility index (Phi) is 8.16. The number of carbonyl (C=O) groups is 2. The molecule has 3 fully saturated rings. The largest absolute Gasteiger partial charge is 0.397 e. The molecule has 7 nitrogen and oxygen atoms in total. The van der Waals surface area contributed by atoms with Crippen LogP contribution in [0.15, 0.2) is 78.9 Å². The zero-order valence-corrected chi connectivity index (χ0v) is 23.3. The van der Waals surface area contributed by atoms with Crippen molar-refractivity contribution in [3.05, 3.63) is 95.6 Å². The summed E-state index contributed by atoms with van der Waals surface area (Å²) in [6.07, 6.45) is 8.98. The molecule has 0 spiro atoms. The summed E-state index contributed by atoms with van der Waals surface area (Å²) >= 11 is 0. The lowest BCUT2D eigenvalue weighted by Gasteiger charge is -2.27. The molecule has 2 heterocycles. The third kappa shape index (κ3) is 6.87. The van der Waals surface area contributed by atoms with Gasteiger partial charge in [-0.25, -0.2) is 0 Å². The van der Waals surface area contributed by atoms with Gasteiger partial charge < -0.3 is 21.1 Å². The van der Waals surface area contributed by atoms with Gasteiger partial charge in [0.15, 0.2) is 0 Å². The number of nitrogens with zero attached hydrogens (tertiary/aromatic N) is 1. The predicted molar refractivity (Wildman–Crippen MR) is 164 cm³/mol. The summed E-state index contributed by atoms with van der Waals surface area (Å²) in [6, 6.07) is 23.9. The fourth-order valence-electron chi connectivity index (χ4n) is 5.98. The Balaban J connectivity index is 1.11. The molecule has 3 aliphatic rings. The summed E-state index contributed by atoms with van der Waals surface area (Å²) < 4.78 is 5.75. The first-order valence-corrected chi connectivity index (χ1v) is 14.7. The van der Waals surface area contributed by atoms with Crippen LogP contribution in [0, 0.1) is 0 Å². The molecule has 2 saturated heterocycles. The number of ether oxygens (including phenoxy) is 1. The number of fused-ring (bicyclic) bond motifs is 2. The minimum absolute atomic E-state index is 0.0126. The quantitative estimate of drug-likeness (QED) is 0.208. The number of benzene rings is 3. The van der Waals surface area contributed by atoms with Crippen molar-refractivity contribution < 1.29 is 14.3 Å². The molecule has 2 bridgehead atoms. The Hall–Kier alpha value is -3.94. The van der Waals surface area contributed by atoms with Crippen molar-refractivity contribution >= 4 is 35.0 Å². The highest BCUT2D eigenvalue weighted by Gasteiger charge is 2.38. The summed E-state index contributed by atoms with van der Waals surface area (Å²) in [7, 11) is 0. The van der Waals surface area contributed by atoms with Crippen LogP contribution in [0.4, 0.5) is 17.1 Å². The molecular weight excluding hydrogens is 512 g/mol. The van der Waals surface area contributed by atoms with E-state index < -0.39 is 0 Å². The molecule has 7 heteroatoms. The van der Waals surface area contributed by atoms with E-state index in [1.54, 1.807) is 18.2 Å². The van der Waals surface area contributed by atoms with Crippen LogP contribution in [0.5, 0.6) is 0 Å². The number of hydrogen-bond acceptors (Lipinski definition) is 5. The predicted octanol–water partition coefficient (Wildman–Crippen LogP) is 5.77. The van der Waals surface area contributed by atoms with E-state index in [-0.39, 0.29) is 17.7 Å². The molecule has 6 rings (SSSR count). The molecule has 0 aromatic heterocycles. The molecule has 2 aliphatic heterocycles. The number of anilines is 3. The average molecular weight is 551 g/mol. The normalized spacial score (nSPS) is 20.8. The van der Waals surface area contributed by atoms with Crippen LogP contribution in [-0.4, -0.2) is 48.6 Å². The summed E-state index contributed by atoms with van der Waals surface area (Å²) in [4.78, 5) is 28.5. The van der Waals surface area contributed by atoms with E-state index in [0.29, 0.717) is 29.4 Å². The molecule has 2 amide bonds. The van der Waals surface area contributed by atoms with Gasteiger partial charge in [0.2, 0.25) is 11.8 Å². The highest BCUT2D eigenvalue weighted by atomic mass is 16.5. The number of likely N-dealkylation sites (tertiary alicyclic amines) is 1. The van der Waals surface area contributed by atoms with Crippen LogP contribution < -0.4 is 16.4 Å². The third-order valence-corrected chi connectivity index (χ3v) is 8.48. The number of para-hydroxylation sites is 2. The van der Waals surface area contributed by atoms with Crippen molar-refractivity contribution in [2.45, 2.75) is 56.1 Å². The molecule has 3 aromatic rings. The monoisotopic (exact) mass is 550 g/mol. The topological polar surface area (TPSA) is 96.7 Å². The SMILES string of the molecule is Nc1ccccc1NC(=O)/C=C/c1ccc(C(CCCN2C[C@@H]3C[C@H]2CO3)C(=O)Nc2ccc(C3CC3)cc2)cc1. The lowest BCUT2D eigenvalue weighted by molar-refractivity contribution is -0.117. The highest BCUT2D eigenvalue weighted by molar-refractivity contribution is 6.03. The molecule has 3 atom stereocenters. The van der Waals surface area contributed by atoms with E-state index in [0.717, 1.165) is 55.8 Å². The second-order valence-corrected chi connectivity index (χ2v) is 11.5. The second kappa shape index (κ2) is 12.3. The van der Waals surface area contributed by atoms with Gasteiger partial charge in [-0.2, -0.15) is 0 Å². The number of nitrogens with one attached hydrogen (secondary N) is 2. The van der Waals surface area contributed by atoms with Crippen LogP contribution in [0.3, 0.4) is 0 Å². The number of nitrogen functional groups attached to an aromatic ring is 1. The molecule has 1 unspecified atom stereocenters. The molecule has 212 valence electrons. The van der Waals surface area contributed by atoms with Gasteiger partial charge in [0, 0.05) is 24.4 Å². The zero-order valence-electron chi connectivity index (χ0n) is 23.3. The summed E-state index contributed by atoms with van der Waals surface area (Å²) in [5.74, 6) is 0.182. The fourth-order valence-corrected chi connectivity index (χ4v) is 5.98. The molecule has 4 N–H and O–H groups in total. The number of morpholine rings is 1. The third-order valence-electron chi connectivity index (χ3n) is 8.48. The Morgan fingerprint density at radius 3 is 2.46 bits per heavy atom. The first kappa shape index (κ1) is 27.2. The van der Waals surface area contributed by atoms with Gasteiger partial charge in [0.1, 0.15) is 0 Å². The molecule has 0 radical (unpaired) electrons. The first-order valence-electron chi connectivity index (χ1n) is 14.7. The maximum absolute atomic E-state index is 13.6. The maximum Gasteiger partial charge on any atom is 0.248 e. The second-order valence-electron chi connectivity index (χ2n) is 11.5. The Morgan fingerprint density at radius 2 is 1.78 bits per heavy atom. The molecule has 1 saturated carbocycles. The molecule has 41 heavy (non-hydrogen) atoms. The van der Waals surface area contributed by atoms with Crippen molar-refractivity contribution in [3.63, 3.8) is 0 Å². The van der Waals surface area contributed by atoms with Crippen LogP contribution in [0.2, 0.25) is 0 Å². The van der Waals surface area contributed by atoms with Gasteiger partial charge in [-0.1, -0.05) is 48.5 Å². The first-order chi connectivity index (χ1) is 20.0. The average Bonchev–Trinajstić information content (AvgIpc) is 3.62. The highest BCUT2D eigenvalue weighted by Crippen LogP contribution is 2.40. The Labute approximate surface area is 241 Å². The van der Waals surface area contributed by atoms with E-state index in [2.05, 4.69) is 27.7 Å². The van der Waals surface area contributed by atoms with Gasteiger partial charge in [-0.05, 0) is 91.6 Å². The van der Waals surface area contributed by atoms with Gasteiger partial charge in [-0.15, -0.1) is 0 Å². The van der Waals surface area contributed by atoms with Crippen LogP contribution >= 0.6 is 0 Å². The number of hydrogen-bond donors (Lipinski definition) is 3. The van der Waals surface area contributed by atoms with Gasteiger partial charge >= 0.3 is 0 Å². The van der Waals surface area contributed by atoms with E-state index in [9.17, 15) is 9.59 Å². The molecular formula is C34H38N4O3. The minimum atomic E-state index is -0.267. The van der Waals surface area contributed by atoms with Crippen molar-refractivity contribution in [3.8, 4) is 0 Å². The number of rotatable bonds is 11. The van der Waals surface area contributed by atoms with Crippen LogP contribution in [0.25, 0.3) is 6.08 Å². The van der Waals surface area contributed by atoms with Crippen molar-refractivity contribution in [2.75, 3.05) is 36.1 Å². The Morgan fingerprint density at radius 1 is 1.00 bits per heavy atom. The summed E-state index contributed by atoms with van der Waals surface area (Å²) in [6.45, 7) is 2.81. The molecule has 1 aliphatic carbocycles. The lowest BCUT2D eigenvalue weighted by atomic mass is 9.92. The fraction of sp³-hybridized carbons (Fsp3) is 0.353. The van der Waals surface area contributed by atoms with Crippen LogP contribution in [-0.2, 0) is 14.3 Å². The Bertz CT molecular complexity index is 1400. The number of carbonyl (C=O) groups excluding carboxylic acids is 2. The van der Waals surface area contributed by atoms with Crippen LogP contribution in [0.1, 0.15) is 60.6 Å². The lowest BCUT2D eigenvalue weighted by Crippen LogP contribution is -2.37. The number of amides is 2. The standard InChI is InChI=1S/C34H38N4O3/c35-31-5-1-2-6-32(31)37-33(39)18-9-23-7-10-26(11-8-23)30(4-3-19-38-21-29-20-28(38)22-41-29)34(40)36-27-16-14-25(15-17-27)24-12-13-24/h1-2,5-11,14-18,24,28-30H,3-4,12-13,19-22,35H2,(H,36,40)(H,37,39)/b18-9+/t28-,29-,30?/m0/s1. The van der Waals surface area contributed by atoms with Gasteiger partial charge in [0.25, 0.3) is 0 Å². The van der Waals surface area contributed by atoms with Gasteiger partial charge in [-0.3, -0.25) is 14.5 Å². The summed E-state index contributed by atoms with van der Waals surface area (Å²) in [5, 5.41) is 5.97. The summed E-state index contributed by atoms with van der Waals surface area (Å²) in [5.41, 5.74) is 11.1. The van der Waals surface area contributed by atoms with E-state index >= 15 is 0 Å². The number of nitrogens with two attached hydrogens (primary N) is 1. The van der Waals surface area contributed by atoms with E-state index in [4.69, 9.17) is 10.5 Å². The minimum Gasteiger partial charge on any atom is -0.397 e. The maximum atomic E-state index is 13.6. The van der Waals surface area contributed by atoms with Crippen molar-refractivity contribution in [1.29, 1.82) is 0 Å². The van der Waals surface area contributed by atoms with E-state index in [1.807, 2.05) is 48.5 Å². The molecule has 3 aromatic carbocycles. The van der Waals surface area contributed by atoms with Crippen molar-refractivity contribution in [2.24, 2.45) is 0 Å². The zero-order chi connectivity index (χ0) is 28.2. The van der Waals surface area contributed by atoms with E-state index in [1.165, 1.54) is 24.5 Å².